The number of benzene rings is 1. The molecule has 22 heavy (non-hydrogen) atoms. The zero-order valence-corrected chi connectivity index (χ0v) is 12.9. The number of aromatic nitrogens is 1. The van der Waals surface area contributed by atoms with Crippen LogP contribution in [-0.2, 0) is 17.6 Å². The van der Waals surface area contributed by atoms with E-state index >= 15 is 0 Å². The number of carbonyl (C=O) groups is 1. The van der Waals surface area contributed by atoms with Gasteiger partial charge in [0.05, 0.1) is 6.61 Å². The standard InChI is InChI=1S/C19H21NO2/c1-2-22-19(21)17-13-16-12-11-15(18(16)20-17)10-6-9-14-7-4-3-5-8-14/h3-5,7-8,10,13,20H,2,6,9,11-12H2,1H3/b15-10+. The van der Waals surface area contributed by atoms with Crippen molar-refractivity contribution in [1.82, 2.24) is 4.98 Å². The van der Waals surface area contributed by atoms with E-state index in [4.69, 9.17) is 4.74 Å². The van der Waals surface area contributed by atoms with Gasteiger partial charge in [-0.2, -0.15) is 0 Å². The van der Waals surface area contributed by atoms with Gasteiger partial charge in [-0.3, -0.25) is 0 Å². The van der Waals surface area contributed by atoms with Crippen molar-refractivity contribution in [3.8, 4) is 0 Å². The van der Waals surface area contributed by atoms with E-state index in [0.717, 1.165) is 31.4 Å². The van der Waals surface area contributed by atoms with Gasteiger partial charge in [0.1, 0.15) is 5.69 Å². The summed E-state index contributed by atoms with van der Waals surface area (Å²) in [6, 6.07) is 12.4. The Balaban J connectivity index is 1.68. The van der Waals surface area contributed by atoms with Crippen LogP contribution in [0.2, 0.25) is 0 Å². The minimum Gasteiger partial charge on any atom is -0.461 e. The molecule has 1 heterocycles. The molecule has 3 nitrogen and oxygen atoms in total. The lowest BCUT2D eigenvalue weighted by molar-refractivity contribution is 0.0520. The summed E-state index contributed by atoms with van der Waals surface area (Å²) in [6.45, 7) is 2.23. The molecule has 0 radical (unpaired) electrons. The van der Waals surface area contributed by atoms with Crippen molar-refractivity contribution in [3.05, 3.63) is 65.0 Å². The molecule has 0 bridgehead atoms. The van der Waals surface area contributed by atoms with Gasteiger partial charge in [-0.1, -0.05) is 36.4 Å². The summed E-state index contributed by atoms with van der Waals surface area (Å²) >= 11 is 0. The lowest BCUT2D eigenvalue weighted by Gasteiger charge is -2.01. The number of fused-ring (bicyclic) bond motifs is 1. The summed E-state index contributed by atoms with van der Waals surface area (Å²) < 4.78 is 5.05. The monoisotopic (exact) mass is 295 g/mol. The second-order valence-corrected chi connectivity index (χ2v) is 5.56. The molecule has 0 spiro atoms. The Morgan fingerprint density at radius 3 is 2.86 bits per heavy atom. The van der Waals surface area contributed by atoms with Gasteiger partial charge in [0.25, 0.3) is 0 Å². The Labute approximate surface area is 131 Å². The second kappa shape index (κ2) is 6.65. The summed E-state index contributed by atoms with van der Waals surface area (Å²) in [5.74, 6) is -0.263. The lowest BCUT2D eigenvalue weighted by atomic mass is 10.1. The molecule has 0 unspecified atom stereocenters. The summed E-state index contributed by atoms with van der Waals surface area (Å²) in [4.78, 5) is 15.0. The maximum atomic E-state index is 11.8. The van der Waals surface area contributed by atoms with Gasteiger partial charge in [-0.15, -0.1) is 0 Å². The molecule has 1 aromatic carbocycles. The molecule has 0 aliphatic heterocycles. The highest BCUT2D eigenvalue weighted by Crippen LogP contribution is 2.32. The van der Waals surface area contributed by atoms with Crippen molar-refractivity contribution in [3.63, 3.8) is 0 Å². The van der Waals surface area contributed by atoms with Crippen LogP contribution < -0.4 is 0 Å². The number of aromatic amines is 1. The molecule has 1 N–H and O–H groups in total. The van der Waals surface area contributed by atoms with Gasteiger partial charge < -0.3 is 9.72 Å². The number of esters is 1. The fourth-order valence-electron chi connectivity index (χ4n) is 2.96. The van der Waals surface area contributed by atoms with Crippen LogP contribution in [0.3, 0.4) is 0 Å². The van der Waals surface area contributed by atoms with E-state index in [1.54, 1.807) is 0 Å². The van der Waals surface area contributed by atoms with E-state index in [9.17, 15) is 4.79 Å². The summed E-state index contributed by atoms with van der Waals surface area (Å²) in [7, 11) is 0. The zero-order valence-electron chi connectivity index (χ0n) is 12.9. The highest BCUT2D eigenvalue weighted by Gasteiger charge is 2.21. The molecule has 0 fully saturated rings. The van der Waals surface area contributed by atoms with E-state index < -0.39 is 0 Å². The molecule has 0 saturated carbocycles. The molecule has 3 rings (SSSR count). The molecular formula is C19H21NO2. The van der Waals surface area contributed by atoms with E-state index in [1.165, 1.54) is 16.7 Å². The van der Waals surface area contributed by atoms with E-state index in [0.29, 0.717) is 12.3 Å². The zero-order chi connectivity index (χ0) is 15.4. The Hall–Kier alpha value is -2.29. The van der Waals surface area contributed by atoms with Crippen molar-refractivity contribution in [2.24, 2.45) is 0 Å². The van der Waals surface area contributed by atoms with Crippen molar-refractivity contribution in [1.29, 1.82) is 0 Å². The molecule has 0 saturated heterocycles. The number of aryl methyl sites for hydroxylation is 2. The van der Waals surface area contributed by atoms with Gasteiger partial charge in [-0.25, -0.2) is 4.79 Å². The summed E-state index contributed by atoms with van der Waals surface area (Å²) in [5, 5.41) is 0. The predicted molar refractivity (Wildman–Crippen MR) is 87.8 cm³/mol. The Bertz CT molecular complexity index is 683. The molecule has 3 heteroatoms. The Morgan fingerprint density at radius 1 is 1.27 bits per heavy atom. The number of hydrogen-bond acceptors (Lipinski definition) is 2. The molecule has 1 aliphatic rings. The van der Waals surface area contributed by atoms with E-state index in [1.807, 2.05) is 19.1 Å². The SMILES string of the molecule is CCOC(=O)c1cc2c([nH]1)/C(=C/CCc1ccccc1)CC2. The van der Waals surface area contributed by atoms with Crippen molar-refractivity contribution < 1.29 is 9.53 Å². The highest BCUT2D eigenvalue weighted by molar-refractivity contribution is 5.89. The number of carbonyl (C=O) groups excluding carboxylic acids is 1. The minimum atomic E-state index is -0.263. The summed E-state index contributed by atoms with van der Waals surface area (Å²) in [5.41, 5.74) is 5.60. The van der Waals surface area contributed by atoms with Crippen molar-refractivity contribution in [2.45, 2.75) is 32.6 Å². The van der Waals surface area contributed by atoms with Crippen LogP contribution in [0, 0.1) is 0 Å². The highest BCUT2D eigenvalue weighted by atomic mass is 16.5. The third kappa shape index (κ3) is 3.14. The lowest BCUT2D eigenvalue weighted by Crippen LogP contribution is -2.05. The van der Waals surface area contributed by atoms with Crippen LogP contribution >= 0.6 is 0 Å². The van der Waals surface area contributed by atoms with E-state index in [2.05, 4.69) is 35.3 Å². The second-order valence-electron chi connectivity index (χ2n) is 5.56. The third-order valence-electron chi connectivity index (χ3n) is 4.05. The van der Waals surface area contributed by atoms with Gasteiger partial charge >= 0.3 is 5.97 Å². The van der Waals surface area contributed by atoms with Gasteiger partial charge in [0, 0.05) is 5.69 Å². The molecule has 2 aromatic rings. The average molecular weight is 295 g/mol. The Morgan fingerprint density at radius 2 is 2.09 bits per heavy atom. The third-order valence-corrected chi connectivity index (χ3v) is 4.05. The van der Waals surface area contributed by atoms with Gasteiger partial charge in [0.15, 0.2) is 0 Å². The number of hydrogen-bond donors (Lipinski definition) is 1. The number of rotatable bonds is 5. The first-order valence-electron chi connectivity index (χ1n) is 7.90. The van der Waals surface area contributed by atoms with Crippen molar-refractivity contribution >= 4 is 11.5 Å². The largest absolute Gasteiger partial charge is 0.461 e. The molecule has 114 valence electrons. The average Bonchev–Trinajstić information content (AvgIpc) is 3.10. The molecular weight excluding hydrogens is 274 g/mol. The maximum Gasteiger partial charge on any atom is 0.354 e. The van der Waals surface area contributed by atoms with Gasteiger partial charge in [0.2, 0.25) is 0 Å². The molecule has 0 amide bonds. The van der Waals surface area contributed by atoms with Crippen LogP contribution in [0.1, 0.15) is 47.1 Å². The first-order chi connectivity index (χ1) is 10.8. The number of allylic oxidation sites excluding steroid dienone is 2. The number of ether oxygens (including phenoxy) is 1. The Kier molecular flexibility index (Phi) is 4.42. The van der Waals surface area contributed by atoms with Crippen LogP contribution in [0.5, 0.6) is 0 Å². The summed E-state index contributed by atoms with van der Waals surface area (Å²) in [6.07, 6.45) is 6.42. The van der Waals surface area contributed by atoms with E-state index in [-0.39, 0.29) is 5.97 Å². The van der Waals surface area contributed by atoms with Gasteiger partial charge in [-0.05, 0) is 55.4 Å². The van der Waals surface area contributed by atoms with Crippen LogP contribution in [0.25, 0.3) is 5.57 Å². The quantitative estimate of drug-likeness (QED) is 0.842. The normalized spacial score (nSPS) is 15.0. The first-order valence-corrected chi connectivity index (χ1v) is 7.90. The fourth-order valence-corrected chi connectivity index (χ4v) is 2.96. The smallest absolute Gasteiger partial charge is 0.354 e. The van der Waals surface area contributed by atoms with Crippen LogP contribution in [-0.4, -0.2) is 17.6 Å². The van der Waals surface area contributed by atoms with Crippen molar-refractivity contribution in [2.75, 3.05) is 6.61 Å². The minimum absolute atomic E-state index is 0.263. The maximum absolute atomic E-state index is 11.8. The fraction of sp³-hybridized carbons (Fsp3) is 0.316. The molecule has 1 aromatic heterocycles. The first kappa shape index (κ1) is 14.6. The molecule has 0 atom stereocenters. The topological polar surface area (TPSA) is 42.1 Å². The van der Waals surface area contributed by atoms with Crippen LogP contribution in [0.15, 0.2) is 42.5 Å². The van der Waals surface area contributed by atoms with Crippen LogP contribution in [0.4, 0.5) is 0 Å². The molecule has 1 aliphatic carbocycles. The number of nitrogens with one attached hydrogen (secondary N) is 1. The predicted octanol–water partition coefficient (Wildman–Crippen LogP) is 4.15. The number of H-pyrrole nitrogens is 1.